The summed E-state index contributed by atoms with van der Waals surface area (Å²) in [4.78, 5) is 28.2. The van der Waals surface area contributed by atoms with Crippen LogP contribution in [0.25, 0.3) is 21.9 Å². The maximum atomic E-state index is 12.6. The van der Waals surface area contributed by atoms with Gasteiger partial charge in [0.15, 0.2) is 0 Å². The lowest BCUT2D eigenvalue weighted by Gasteiger charge is -2.36. The molecule has 7 nitrogen and oxygen atoms in total. The first-order chi connectivity index (χ1) is 14.7. The average Bonchev–Trinajstić information content (AvgIpc) is 3.15. The average molecular weight is 403 g/mol. The second-order valence-corrected chi connectivity index (χ2v) is 7.57. The molecule has 30 heavy (non-hydrogen) atoms. The lowest BCUT2D eigenvalue weighted by molar-refractivity contribution is 0.243. The third kappa shape index (κ3) is 3.41. The molecule has 0 atom stereocenters. The van der Waals surface area contributed by atoms with Gasteiger partial charge in [-0.05, 0) is 25.1 Å². The molecule has 5 rings (SSSR count). The normalized spacial score (nSPS) is 15.2. The van der Waals surface area contributed by atoms with Crippen molar-refractivity contribution in [3.63, 3.8) is 0 Å². The molecule has 1 fully saturated rings. The molecule has 0 unspecified atom stereocenters. The quantitative estimate of drug-likeness (QED) is 0.535. The number of hydrogen-bond donors (Lipinski definition) is 2. The number of nitrogens with one attached hydrogen (secondary N) is 2. The Morgan fingerprint density at radius 1 is 1.00 bits per heavy atom. The summed E-state index contributed by atoms with van der Waals surface area (Å²) in [6.45, 7) is 6.91. The van der Waals surface area contributed by atoms with Crippen LogP contribution in [0, 0.1) is 0 Å². The number of nitrogens with zero attached hydrogens (tertiary/aromatic N) is 3. The summed E-state index contributed by atoms with van der Waals surface area (Å²) in [6, 6.07) is 16.1. The highest BCUT2D eigenvalue weighted by atomic mass is 16.5. The number of aromatic nitrogens is 3. The molecule has 0 aliphatic carbocycles. The van der Waals surface area contributed by atoms with Crippen LogP contribution in [-0.4, -0.2) is 52.6 Å². The van der Waals surface area contributed by atoms with Gasteiger partial charge in [-0.15, -0.1) is 0 Å². The number of anilines is 1. The summed E-state index contributed by atoms with van der Waals surface area (Å²) in [5.74, 6) is 1.64. The van der Waals surface area contributed by atoms with E-state index in [9.17, 15) is 4.79 Å². The molecule has 2 aromatic heterocycles. The topological polar surface area (TPSA) is 77.2 Å². The zero-order chi connectivity index (χ0) is 20.5. The molecule has 0 saturated carbocycles. The van der Waals surface area contributed by atoms with E-state index in [2.05, 4.69) is 31.9 Å². The van der Waals surface area contributed by atoms with E-state index in [0.717, 1.165) is 54.0 Å². The number of H-pyrrole nitrogens is 2. The minimum atomic E-state index is -0.115. The second kappa shape index (κ2) is 7.84. The Morgan fingerprint density at radius 2 is 1.77 bits per heavy atom. The van der Waals surface area contributed by atoms with Gasteiger partial charge in [-0.3, -0.25) is 9.69 Å². The molecular formula is C23H25N5O2. The van der Waals surface area contributed by atoms with Crippen LogP contribution in [0.4, 0.5) is 5.69 Å². The Bertz CT molecular complexity index is 1240. The smallest absolute Gasteiger partial charge is 0.275 e. The van der Waals surface area contributed by atoms with Gasteiger partial charge in [0.2, 0.25) is 0 Å². The standard InChI is InChI=1S/C23H25N5O2/c1-2-30-19-10-6-5-9-18(19)28-13-11-27(12-14-28)15-20-25-21-16-7-3-4-8-17(16)24-22(21)23(29)26-20/h3-10,24H,2,11-15H2,1H3,(H,25,26,29). The zero-order valence-electron chi connectivity index (χ0n) is 17.0. The summed E-state index contributed by atoms with van der Waals surface area (Å²) < 4.78 is 5.79. The number of hydrogen-bond acceptors (Lipinski definition) is 5. The third-order valence-electron chi connectivity index (χ3n) is 5.66. The van der Waals surface area contributed by atoms with E-state index in [-0.39, 0.29) is 5.56 Å². The van der Waals surface area contributed by atoms with Gasteiger partial charge < -0.3 is 19.6 Å². The van der Waals surface area contributed by atoms with E-state index in [1.807, 2.05) is 43.3 Å². The Morgan fingerprint density at radius 3 is 2.60 bits per heavy atom. The summed E-state index contributed by atoms with van der Waals surface area (Å²) in [5.41, 5.74) is 3.25. The van der Waals surface area contributed by atoms with Crippen LogP contribution in [-0.2, 0) is 6.54 Å². The SMILES string of the molecule is CCOc1ccccc1N1CCN(Cc2nc3c([nH]c4ccccc43)c(=O)[nH]2)CC1. The zero-order valence-corrected chi connectivity index (χ0v) is 17.0. The molecule has 0 amide bonds. The molecule has 4 aromatic rings. The first kappa shape index (κ1) is 18.7. The number of fused-ring (bicyclic) bond motifs is 3. The monoisotopic (exact) mass is 403 g/mol. The van der Waals surface area contributed by atoms with Gasteiger partial charge >= 0.3 is 0 Å². The van der Waals surface area contributed by atoms with Gasteiger partial charge in [-0.2, -0.15) is 0 Å². The third-order valence-corrected chi connectivity index (χ3v) is 5.66. The molecule has 154 valence electrons. The maximum Gasteiger partial charge on any atom is 0.275 e. The van der Waals surface area contributed by atoms with Crippen LogP contribution in [0.15, 0.2) is 53.3 Å². The summed E-state index contributed by atoms with van der Waals surface area (Å²) in [6.07, 6.45) is 0. The Kier molecular flexibility index (Phi) is 4.88. The Labute approximate surface area is 174 Å². The maximum absolute atomic E-state index is 12.6. The van der Waals surface area contributed by atoms with Crippen molar-refractivity contribution in [3.05, 3.63) is 64.7 Å². The van der Waals surface area contributed by atoms with E-state index in [4.69, 9.17) is 9.72 Å². The van der Waals surface area contributed by atoms with Crippen LogP contribution in [0.1, 0.15) is 12.7 Å². The first-order valence-corrected chi connectivity index (χ1v) is 10.4. The minimum absolute atomic E-state index is 0.115. The van der Waals surface area contributed by atoms with Crippen LogP contribution in [0.2, 0.25) is 0 Å². The number of rotatable bonds is 5. The van der Waals surface area contributed by atoms with Crippen molar-refractivity contribution in [2.24, 2.45) is 0 Å². The predicted molar refractivity (Wildman–Crippen MR) is 119 cm³/mol. The predicted octanol–water partition coefficient (Wildman–Crippen LogP) is 3.13. The van der Waals surface area contributed by atoms with Gasteiger partial charge in [0.05, 0.1) is 18.8 Å². The van der Waals surface area contributed by atoms with Crippen molar-refractivity contribution in [2.75, 3.05) is 37.7 Å². The van der Waals surface area contributed by atoms with Gasteiger partial charge in [0.1, 0.15) is 22.6 Å². The van der Waals surface area contributed by atoms with Gasteiger partial charge in [0.25, 0.3) is 5.56 Å². The van der Waals surface area contributed by atoms with Crippen molar-refractivity contribution in [2.45, 2.75) is 13.5 Å². The minimum Gasteiger partial charge on any atom is -0.492 e. The van der Waals surface area contributed by atoms with Crippen LogP contribution in [0.3, 0.4) is 0 Å². The number of ether oxygens (including phenoxy) is 1. The summed E-state index contributed by atoms with van der Waals surface area (Å²) in [5, 5.41) is 0.984. The summed E-state index contributed by atoms with van der Waals surface area (Å²) in [7, 11) is 0. The molecule has 3 heterocycles. The highest BCUT2D eigenvalue weighted by molar-refractivity contribution is 6.04. The molecular weight excluding hydrogens is 378 g/mol. The van der Waals surface area contributed by atoms with E-state index in [1.54, 1.807) is 0 Å². The van der Waals surface area contributed by atoms with E-state index in [0.29, 0.717) is 24.5 Å². The fourth-order valence-corrected chi connectivity index (χ4v) is 4.19. The molecule has 0 radical (unpaired) electrons. The number of benzene rings is 2. The Hall–Kier alpha value is -3.32. The van der Waals surface area contributed by atoms with Crippen molar-refractivity contribution in [1.29, 1.82) is 0 Å². The lowest BCUT2D eigenvalue weighted by atomic mass is 10.2. The summed E-state index contributed by atoms with van der Waals surface area (Å²) >= 11 is 0. The molecule has 0 spiro atoms. The first-order valence-electron chi connectivity index (χ1n) is 10.4. The van der Waals surface area contributed by atoms with Crippen LogP contribution in [0.5, 0.6) is 5.75 Å². The number of aromatic amines is 2. The highest BCUT2D eigenvalue weighted by Crippen LogP contribution is 2.29. The fourth-order valence-electron chi connectivity index (χ4n) is 4.19. The molecule has 1 saturated heterocycles. The largest absolute Gasteiger partial charge is 0.492 e. The lowest BCUT2D eigenvalue weighted by Crippen LogP contribution is -2.46. The number of para-hydroxylation sites is 3. The fraction of sp³-hybridized carbons (Fsp3) is 0.304. The van der Waals surface area contributed by atoms with Crippen molar-refractivity contribution in [1.82, 2.24) is 19.9 Å². The van der Waals surface area contributed by atoms with Crippen molar-refractivity contribution < 1.29 is 4.74 Å². The van der Waals surface area contributed by atoms with E-state index in [1.165, 1.54) is 0 Å². The van der Waals surface area contributed by atoms with Crippen LogP contribution < -0.4 is 15.2 Å². The van der Waals surface area contributed by atoms with Gasteiger partial charge in [0, 0.05) is 37.1 Å². The molecule has 2 N–H and O–H groups in total. The van der Waals surface area contributed by atoms with Crippen molar-refractivity contribution >= 4 is 27.6 Å². The van der Waals surface area contributed by atoms with Crippen LogP contribution >= 0.6 is 0 Å². The van der Waals surface area contributed by atoms with Crippen molar-refractivity contribution in [3.8, 4) is 5.75 Å². The number of piperazine rings is 1. The molecule has 1 aliphatic rings. The van der Waals surface area contributed by atoms with E-state index >= 15 is 0 Å². The molecule has 1 aliphatic heterocycles. The Balaban J connectivity index is 1.33. The molecule has 2 aromatic carbocycles. The highest BCUT2D eigenvalue weighted by Gasteiger charge is 2.21. The second-order valence-electron chi connectivity index (χ2n) is 7.57. The van der Waals surface area contributed by atoms with Gasteiger partial charge in [-0.25, -0.2) is 4.98 Å². The molecule has 0 bridgehead atoms. The van der Waals surface area contributed by atoms with Gasteiger partial charge in [-0.1, -0.05) is 30.3 Å². The molecule has 7 heteroatoms. The van der Waals surface area contributed by atoms with E-state index < -0.39 is 0 Å².